The van der Waals surface area contributed by atoms with Crippen molar-refractivity contribution in [3.05, 3.63) is 21.4 Å². The first-order valence-corrected chi connectivity index (χ1v) is 8.78. The van der Waals surface area contributed by atoms with E-state index in [1.807, 2.05) is 11.3 Å². The predicted octanol–water partition coefficient (Wildman–Crippen LogP) is 4.42. The number of rotatable bonds is 9. The molecule has 1 N–H and O–H groups in total. The monoisotopic (exact) mass is 296 g/mol. The van der Waals surface area contributed by atoms with Gasteiger partial charge in [-0.3, -0.25) is 4.90 Å². The van der Waals surface area contributed by atoms with E-state index in [-0.39, 0.29) is 0 Å². The predicted molar refractivity (Wildman–Crippen MR) is 91.4 cm³/mol. The van der Waals surface area contributed by atoms with Gasteiger partial charge in [-0.25, -0.2) is 0 Å². The molecule has 0 saturated heterocycles. The van der Waals surface area contributed by atoms with Gasteiger partial charge in [0.25, 0.3) is 0 Å². The topological polar surface area (TPSA) is 15.3 Å². The second-order valence-electron chi connectivity index (χ2n) is 6.38. The Morgan fingerprint density at radius 1 is 1.25 bits per heavy atom. The molecule has 2 nitrogen and oxygen atoms in total. The van der Waals surface area contributed by atoms with Gasteiger partial charge in [-0.1, -0.05) is 20.8 Å². The highest BCUT2D eigenvalue weighted by Gasteiger charge is 2.12. The van der Waals surface area contributed by atoms with Gasteiger partial charge >= 0.3 is 0 Å². The molecule has 0 unspecified atom stereocenters. The molecule has 0 saturated carbocycles. The maximum Gasteiger partial charge on any atom is 0.0300 e. The van der Waals surface area contributed by atoms with Crippen LogP contribution in [0.4, 0.5) is 0 Å². The lowest BCUT2D eigenvalue weighted by atomic mass is 10.2. The average molecular weight is 297 g/mol. The summed E-state index contributed by atoms with van der Waals surface area (Å²) in [4.78, 5) is 5.52. The first kappa shape index (κ1) is 17.7. The van der Waals surface area contributed by atoms with Gasteiger partial charge in [0.15, 0.2) is 0 Å². The van der Waals surface area contributed by atoms with Gasteiger partial charge in [0.2, 0.25) is 0 Å². The SMILES string of the molecule is CCCN(Cc1cc(CNCC(C)C)sc1C)C(C)C. The van der Waals surface area contributed by atoms with Gasteiger partial charge in [0.1, 0.15) is 0 Å². The zero-order valence-electron chi connectivity index (χ0n) is 14.1. The summed E-state index contributed by atoms with van der Waals surface area (Å²) in [7, 11) is 0. The van der Waals surface area contributed by atoms with E-state index in [0.717, 1.165) is 25.6 Å². The van der Waals surface area contributed by atoms with Crippen molar-refractivity contribution < 1.29 is 0 Å². The minimum Gasteiger partial charge on any atom is -0.312 e. The molecule has 0 aromatic carbocycles. The van der Waals surface area contributed by atoms with Gasteiger partial charge in [0, 0.05) is 28.9 Å². The lowest BCUT2D eigenvalue weighted by Gasteiger charge is -2.25. The molecule has 0 atom stereocenters. The lowest BCUT2D eigenvalue weighted by Crippen LogP contribution is -2.31. The van der Waals surface area contributed by atoms with E-state index in [1.54, 1.807) is 0 Å². The van der Waals surface area contributed by atoms with Crippen LogP contribution in [0.5, 0.6) is 0 Å². The van der Waals surface area contributed by atoms with Gasteiger partial charge in [-0.2, -0.15) is 0 Å². The summed E-state index contributed by atoms with van der Waals surface area (Å²) < 4.78 is 0. The third-order valence-corrected chi connectivity index (χ3v) is 4.63. The summed E-state index contributed by atoms with van der Waals surface area (Å²) in [6.07, 6.45) is 1.23. The summed E-state index contributed by atoms with van der Waals surface area (Å²) in [6.45, 7) is 18.0. The molecular weight excluding hydrogens is 264 g/mol. The standard InChI is InChI=1S/C17H32N2S/c1-7-8-19(14(4)5)12-16-9-17(20-15(16)6)11-18-10-13(2)3/h9,13-14,18H,7-8,10-12H2,1-6H3. The quantitative estimate of drug-likeness (QED) is 0.725. The fourth-order valence-corrected chi connectivity index (χ4v) is 3.36. The summed E-state index contributed by atoms with van der Waals surface area (Å²) in [6, 6.07) is 3.02. The maximum absolute atomic E-state index is 3.54. The van der Waals surface area contributed by atoms with Gasteiger partial charge in [-0.15, -0.1) is 11.3 Å². The Hall–Kier alpha value is -0.380. The zero-order valence-corrected chi connectivity index (χ0v) is 14.9. The molecule has 0 amide bonds. The highest BCUT2D eigenvalue weighted by atomic mass is 32.1. The van der Waals surface area contributed by atoms with Gasteiger partial charge < -0.3 is 5.32 Å². The fraction of sp³-hybridized carbons (Fsp3) is 0.765. The third kappa shape index (κ3) is 5.94. The van der Waals surface area contributed by atoms with Crippen LogP contribution in [0.1, 0.15) is 56.4 Å². The highest BCUT2D eigenvalue weighted by molar-refractivity contribution is 7.12. The Balaban J connectivity index is 2.59. The third-order valence-electron chi connectivity index (χ3n) is 3.54. The van der Waals surface area contributed by atoms with Crippen molar-refractivity contribution in [2.75, 3.05) is 13.1 Å². The number of hydrogen-bond acceptors (Lipinski definition) is 3. The van der Waals surface area contributed by atoms with E-state index in [9.17, 15) is 0 Å². The second kappa shape index (κ2) is 8.81. The van der Waals surface area contributed by atoms with Crippen LogP contribution in [-0.2, 0) is 13.1 Å². The van der Waals surface area contributed by atoms with Crippen LogP contribution < -0.4 is 5.32 Å². The van der Waals surface area contributed by atoms with Crippen LogP contribution in [0.15, 0.2) is 6.07 Å². The Bertz CT molecular complexity index is 382. The van der Waals surface area contributed by atoms with Crippen molar-refractivity contribution in [2.24, 2.45) is 5.92 Å². The number of thiophene rings is 1. The molecule has 3 heteroatoms. The van der Waals surface area contributed by atoms with E-state index in [0.29, 0.717) is 6.04 Å². The molecule has 0 aliphatic carbocycles. The maximum atomic E-state index is 3.54. The Kier molecular flexibility index (Phi) is 7.78. The van der Waals surface area contributed by atoms with E-state index in [2.05, 4.69) is 57.8 Å². The molecule has 0 radical (unpaired) electrons. The van der Waals surface area contributed by atoms with Gasteiger partial charge in [-0.05, 0) is 57.8 Å². The first-order valence-electron chi connectivity index (χ1n) is 7.97. The smallest absolute Gasteiger partial charge is 0.0300 e. The summed E-state index contributed by atoms with van der Waals surface area (Å²) in [5.41, 5.74) is 1.51. The van der Waals surface area contributed by atoms with Crippen molar-refractivity contribution in [3.63, 3.8) is 0 Å². The van der Waals surface area contributed by atoms with E-state index in [4.69, 9.17) is 0 Å². The zero-order chi connectivity index (χ0) is 15.1. The second-order valence-corrected chi connectivity index (χ2v) is 7.72. The number of hydrogen-bond donors (Lipinski definition) is 1. The molecule has 1 heterocycles. The van der Waals surface area contributed by atoms with E-state index < -0.39 is 0 Å². The van der Waals surface area contributed by atoms with Crippen molar-refractivity contribution in [3.8, 4) is 0 Å². The van der Waals surface area contributed by atoms with Crippen LogP contribution in [-0.4, -0.2) is 24.0 Å². The number of nitrogens with one attached hydrogen (secondary N) is 1. The fourth-order valence-electron chi connectivity index (χ4n) is 2.34. The molecule has 0 spiro atoms. The largest absolute Gasteiger partial charge is 0.312 e. The average Bonchev–Trinajstić information content (AvgIpc) is 2.69. The highest BCUT2D eigenvalue weighted by Crippen LogP contribution is 2.23. The van der Waals surface area contributed by atoms with Crippen LogP contribution in [0.2, 0.25) is 0 Å². The minimum absolute atomic E-state index is 0.622. The van der Waals surface area contributed by atoms with E-state index >= 15 is 0 Å². The summed E-state index contributed by atoms with van der Waals surface area (Å²) in [5.74, 6) is 0.719. The molecule has 116 valence electrons. The van der Waals surface area contributed by atoms with Crippen molar-refractivity contribution in [1.82, 2.24) is 10.2 Å². The summed E-state index contributed by atoms with van der Waals surface area (Å²) >= 11 is 1.95. The molecule has 0 fully saturated rings. The molecule has 0 bridgehead atoms. The van der Waals surface area contributed by atoms with Crippen LogP contribution in [0.25, 0.3) is 0 Å². The molecule has 0 aliphatic rings. The van der Waals surface area contributed by atoms with Crippen molar-refractivity contribution in [1.29, 1.82) is 0 Å². The van der Waals surface area contributed by atoms with Crippen molar-refractivity contribution >= 4 is 11.3 Å². The Morgan fingerprint density at radius 2 is 1.95 bits per heavy atom. The Morgan fingerprint density at radius 3 is 2.50 bits per heavy atom. The van der Waals surface area contributed by atoms with Crippen molar-refractivity contribution in [2.45, 2.75) is 67.1 Å². The molecule has 1 aromatic heterocycles. The molecule has 1 aromatic rings. The summed E-state index contributed by atoms with van der Waals surface area (Å²) in [5, 5.41) is 3.54. The normalized spacial score (nSPS) is 12.1. The molecule has 20 heavy (non-hydrogen) atoms. The lowest BCUT2D eigenvalue weighted by molar-refractivity contribution is 0.213. The number of nitrogens with zero attached hydrogens (tertiary/aromatic N) is 1. The van der Waals surface area contributed by atoms with Crippen LogP contribution in [0.3, 0.4) is 0 Å². The minimum atomic E-state index is 0.622. The molecular formula is C17H32N2S. The molecule has 0 aliphatic heterocycles. The molecule has 1 rings (SSSR count). The Labute approximate surface area is 129 Å². The first-order chi connectivity index (χ1) is 9.43. The van der Waals surface area contributed by atoms with Crippen LogP contribution >= 0.6 is 11.3 Å². The van der Waals surface area contributed by atoms with Crippen LogP contribution in [0, 0.1) is 12.8 Å². The van der Waals surface area contributed by atoms with E-state index in [1.165, 1.54) is 28.3 Å². The number of aryl methyl sites for hydroxylation is 1. The van der Waals surface area contributed by atoms with Gasteiger partial charge in [0.05, 0.1) is 0 Å².